The number of ether oxygens (including phenoxy) is 1. The molecule has 92 valence electrons. The maximum atomic E-state index is 11.2. The molecule has 1 aliphatic heterocycles. The van der Waals surface area contributed by atoms with E-state index in [9.17, 15) is 4.79 Å². The summed E-state index contributed by atoms with van der Waals surface area (Å²) in [6.45, 7) is 4.27. The van der Waals surface area contributed by atoms with Gasteiger partial charge < -0.3 is 15.4 Å². The van der Waals surface area contributed by atoms with E-state index >= 15 is 0 Å². The van der Waals surface area contributed by atoms with Gasteiger partial charge in [-0.15, -0.1) is 0 Å². The molecular weight excluding hydrogens is 216 g/mol. The van der Waals surface area contributed by atoms with Gasteiger partial charge in [0.1, 0.15) is 5.75 Å². The molecule has 0 atom stereocenters. The van der Waals surface area contributed by atoms with Gasteiger partial charge in [-0.1, -0.05) is 13.0 Å². The zero-order valence-corrected chi connectivity index (χ0v) is 10.1. The predicted octanol–water partition coefficient (Wildman–Crippen LogP) is 1.56. The number of rotatable bonds is 5. The van der Waals surface area contributed by atoms with Gasteiger partial charge in [-0.05, 0) is 43.6 Å². The predicted molar refractivity (Wildman–Crippen MR) is 67.4 cm³/mol. The monoisotopic (exact) mass is 234 g/mol. The summed E-state index contributed by atoms with van der Waals surface area (Å²) in [5.74, 6) is 0.675. The Bertz CT molecular complexity index is 404. The fourth-order valence-electron chi connectivity index (χ4n) is 1.82. The van der Waals surface area contributed by atoms with Crippen LogP contribution in [-0.4, -0.2) is 25.6 Å². The smallest absolute Gasteiger partial charge is 0.262 e. The van der Waals surface area contributed by atoms with Crippen molar-refractivity contribution in [2.45, 2.75) is 19.8 Å². The molecule has 1 aromatic rings. The van der Waals surface area contributed by atoms with Crippen LogP contribution in [0.2, 0.25) is 0 Å². The standard InChI is InChI=1S/C13H18N2O2/c1-2-6-14-7-5-10-3-4-12-11(8-10)15-13(16)9-17-12/h3-4,8,14H,2,5-7,9H2,1H3,(H,15,16). The van der Waals surface area contributed by atoms with E-state index < -0.39 is 0 Å². The van der Waals surface area contributed by atoms with Crippen LogP contribution in [0.5, 0.6) is 5.75 Å². The van der Waals surface area contributed by atoms with Gasteiger partial charge >= 0.3 is 0 Å². The molecule has 0 unspecified atom stereocenters. The van der Waals surface area contributed by atoms with E-state index in [2.05, 4.69) is 17.6 Å². The Morgan fingerprint density at radius 1 is 1.41 bits per heavy atom. The first-order valence-electron chi connectivity index (χ1n) is 6.06. The Morgan fingerprint density at radius 2 is 2.29 bits per heavy atom. The number of benzene rings is 1. The summed E-state index contributed by atoms with van der Waals surface area (Å²) in [6, 6.07) is 5.95. The minimum absolute atomic E-state index is 0.0845. The number of amides is 1. The molecule has 0 bridgehead atoms. The van der Waals surface area contributed by atoms with E-state index in [0.29, 0.717) is 0 Å². The third-order valence-electron chi connectivity index (χ3n) is 2.69. The average Bonchev–Trinajstić information content (AvgIpc) is 2.34. The van der Waals surface area contributed by atoms with Crippen LogP contribution < -0.4 is 15.4 Å². The van der Waals surface area contributed by atoms with Crippen LogP contribution in [0.15, 0.2) is 18.2 Å². The van der Waals surface area contributed by atoms with Crippen molar-refractivity contribution in [3.63, 3.8) is 0 Å². The normalized spacial score (nSPS) is 13.8. The Kier molecular flexibility index (Phi) is 3.98. The first-order chi connectivity index (χ1) is 8.29. The van der Waals surface area contributed by atoms with Gasteiger partial charge in [0.2, 0.25) is 0 Å². The topological polar surface area (TPSA) is 50.4 Å². The van der Waals surface area contributed by atoms with Crippen molar-refractivity contribution in [3.05, 3.63) is 23.8 Å². The summed E-state index contributed by atoms with van der Waals surface area (Å²) in [7, 11) is 0. The lowest BCUT2D eigenvalue weighted by atomic mass is 10.1. The summed E-state index contributed by atoms with van der Waals surface area (Å²) in [6.07, 6.45) is 2.11. The largest absolute Gasteiger partial charge is 0.482 e. The Morgan fingerprint density at radius 3 is 3.12 bits per heavy atom. The van der Waals surface area contributed by atoms with Crippen LogP contribution in [0.1, 0.15) is 18.9 Å². The zero-order chi connectivity index (χ0) is 12.1. The number of anilines is 1. The summed E-state index contributed by atoms with van der Waals surface area (Å²) >= 11 is 0. The molecular formula is C13H18N2O2. The maximum Gasteiger partial charge on any atom is 0.262 e. The molecule has 0 fully saturated rings. The number of carbonyl (C=O) groups excluding carboxylic acids is 1. The number of fused-ring (bicyclic) bond motifs is 1. The maximum absolute atomic E-state index is 11.2. The highest BCUT2D eigenvalue weighted by atomic mass is 16.5. The summed E-state index contributed by atoms with van der Waals surface area (Å²) in [5, 5.41) is 6.17. The van der Waals surface area contributed by atoms with Crippen molar-refractivity contribution in [1.29, 1.82) is 0 Å². The molecule has 4 heteroatoms. The van der Waals surface area contributed by atoms with Crippen LogP contribution in [0.25, 0.3) is 0 Å². The van der Waals surface area contributed by atoms with Gasteiger partial charge in [0.25, 0.3) is 5.91 Å². The minimum Gasteiger partial charge on any atom is -0.482 e. The SMILES string of the molecule is CCCNCCc1ccc2c(c1)NC(=O)CO2. The molecule has 2 rings (SSSR count). The molecule has 1 amide bonds. The van der Waals surface area contributed by atoms with Gasteiger partial charge in [0.05, 0.1) is 5.69 Å². The molecule has 2 N–H and O–H groups in total. The van der Waals surface area contributed by atoms with Gasteiger partial charge in [0, 0.05) is 0 Å². The highest BCUT2D eigenvalue weighted by molar-refractivity contribution is 5.95. The summed E-state index contributed by atoms with van der Waals surface area (Å²) in [4.78, 5) is 11.2. The third kappa shape index (κ3) is 3.20. The molecule has 17 heavy (non-hydrogen) atoms. The van der Waals surface area contributed by atoms with Crippen molar-refractivity contribution in [1.82, 2.24) is 5.32 Å². The van der Waals surface area contributed by atoms with Crippen LogP contribution in [0.3, 0.4) is 0 Å². The Labute approximate surface area is 101 Å². The molecule has 1 heterocycles. The molecule has 0 spiro atoms. The van der Waals surface area contributed by atoms with Gasteiger partial charge in [0.15, 0.2) is 6.61 Å². The second-order valence-corrected chi connectivity index (χ2v) is 4.17. The number of hydrogen-bond donors (Lipinski definition) is 2. The van der Waals surface area contributed by atoms with Crippen molar-refractivity contribution >= 4 is 11.6 Å². The fourth-order valence-corrected chi connectivity index (χ4v) is 1.82. The second kappa shape index (κ2) is 5.68. The average molecular weight is 234 g/mol. The zero-order valence-electron chi connectivity index (χ0n) is 10.1. The van der Waals surface area contributed by atoms with E-state index in [1.54, 1.807) is 0 Å². The molecule has 0 saturated heterocycles. The van der Waals surface area contributed by atoms with Gasteiger partial charge in [-0.3, -0.25) is 4.79 Å². The quantitative estimate of drug-likeness (QED) is 0.760. The Balaban J connectivity index is 1.95. The molecule has 0 aromatic heterocycles. The minimum atomic E-state index is -0.0845. The second-order valence-electron chi connectivity index (χ2n) is 4.17. The molecule has 0 radical (unpaired) electrons. The highest BCUT2D eigenvalue weighted by Gasteiger charge is 2.15. The highest BCUT2D eigenvalue weighted by Crippen LogP contribution is 2.28. The fraction of sp³-hybridized carbons (Fsp3) is 0.462. The van der Waals surface area contributed by atoms with Crippen molar-refractivity contribution in [2.24, 2.45) is 0 Å². The van der Waals surface area contributed by atoms with Crippen LogP contribution in [0.4, 0.5) is 5.69 Å². The lowest BCUT2D eigenvalue weighted by Crippen LogP contribution is -2.25. The van der Waals surface area contributed by atoms with E-state index in [-0.39, 0.29) is 12.5 Å². The summed E-state index contributed by atoms with van der Waals surface area (Å²) < 4.78 is 5.31. The molecule has 1 aromatic carbocycles. The number of carbonyl (C=O) groups is 1. The van der Waals surface area contributed by atoms with E-state index in [0.717, 1.165) is 37.4 Å². The lowest BCUT2D eigenvalue weighted by molar-refractivity contribution is -0.118. The first kappa shape index (κ1) is 11.9. The number of hydrogen-bond acceptors (Lipinski definition) is 3. The third-order valence-corrected chi connectivity index (χ3v) is 2.69. The van der Waals surface area contributed by atoms with E-state index in [1.807, 2.05) is 18.2 Å². The van der Waals surface area contributed by atoms with Crippen LogP contribution in [-0.2, 0) is 11.2 Å². The van der Waals surface area contributed by atoms with Crippen molar-refractivity contribution in [2.75, 3.05) is 25.0 Å². The van der Waals surface area contributed by atoms with Gasteiger partial charge in [-0.2, -0.15) is 0 Å². The summed E-state index contributed by atoms with van der Waals surface area (Å²) in [5.41, 5.74) is 1.99. The molecule has 0 aliphatic carbocycles. The molecule has 1 aliphatic rings. The van der Waals surface area contributed by atoms with Crippen LogP contribution in [0, 0.1) is 0 Å². The Hall–Kier alpha value is -1.55. The molecule has 4 nitrogen and oxygen atoms in total. The molecule has 0 saturated carbocycles. The van der Waals surface area contributed by atoms with Gasteiger partial charge in [-0.25, -0.2) is 0 Å². The number of nitrogens with one attached hydrogen (secondary N) is 2. The lowest BCUT2D eigenvalue weighted by Gasteiger charge is -2.18. The van der Waals surface area contributed by atoms with Crippen molar-refractivity contribution < 1.29 is 9.53 Å². The first-order valence-corrected chi connectivity index (χ1v) is 6.06. The van der Waals surface area contributed by atoms with E-state index in [4.69, 9.17) is 4.74 Å². The van der Waals surface area contributed by atoms with E-state index in [1.165, 1.54) is 5.56 Å². The van der Waals surface area contributed by atoms with Crippen LogP contribution >= 0.6 is 0 Å². The van der Waals surface area contributed by atoms with Crippen molar-refractivity contribution in [3.8, 4) is 5.75 Å².